The monoisotopic (exact) mass is 468 g/mol. The zero-order chi connectivity index (χ0) is 23.8. The molecule has 0 aliphatic heterocycles. The van der Waals surface area contributed by atoms with Gasteiger partial charge in [0, 0.05) is 29.0 Å². The molecule has 0 saturated carbocycles. The topological polar surface area (TPSA) is 133 Å². The number of nitrogens with zero attached hydrogens (tertiary/aromatic N) is 2. The number of methoxy groups -OCH3 is 2. The van der Waals surface area contributed by atoms with Crippen molar-refractivity contribution in [3.63, 3.8) is 0 Å². The summed E-state index contributed by atoms with van der Waals surface area (Å²) in [5.74, 6) is 0.912. The Morgan fingerprint density at radius 2 is 1.73 bits per heavy atom. The Hall–Kier alpha value is -4.12. The Labute approximate surface area is 189 Å². The van der Waals surface area contributed by atoms with Crippen molar-refractivity contribution >= 4 is 54.6 Å². The molecule has 10 nitrogen and oxygen atoms in total. The number of rotatable bonds is 7. The fraction of sp³-hybridized carbons (Fsp3) is 0.136. The summed E-state index contributed by atoms with van der Waals surface area (Å²) in [5, 5.41) is 16.0. The molecule has 0 spiro atoms. The summed E-state index contributed by atoms with van der Waals surface area (Å²) in [6.45, 7) is 0. The minimum Gasteiger partial charge on any atom is -0.494 e. The lowest BCUT2D eigenvalue weighted by Crippen LogP contribution is -2.09. The molecule has 4 rings (SSSR count). The molecular weight excluding hydrogens is 448 g/mol. The number of fused-ring (bicyclic) bond motifs is 2. The summed E-state index contributed by atoms with van der Waals surface area (Å²) < 4.78 is 36.5. The molecule has 0 radical (unpaired) electrons. The van der Waals surface area contributed by atoms with Crippen molar-refractivity contribution in [3.8, 4) is 11.5 Å². The number of sulfonamides is 1. The molecule has 1 aromatic heterocycles. The largest absolute Gasteiger partial charge is 0.494 e. The van der Waals surface area contributed by atoms with Gasteiger partial charge in [-0.05, 0) is 24.3 Å². The SMILES string of the molecule is COc1cc(NS(C)(=O)=O)ccc1Nc1c2ccc([N+](=O)[O-])cc2nc2c(OC)cccc12. The van der Waals surface area contributed by atoms with E-state index in [4.69, 9.17) is 9.47 Å². The van der Waals surface area contributed by atoms with Gasteiger partial charge in [0.1, 0.15) is 17.0 Å². The van der Waals surface area contributed by atoms with Gasteiger partial charge in [0.2, 0.25) is 10.0 Å². The minimum absolute atomic E-state index is 0.0796. The lowest BCUT2D eigenvalue weighted by atomic mass is 10.1. The Morgan fingerprint density at radius 1 is 0.970 bits per heavy atom. The lowest BCUT2D eigenvalue weighted by Gasteiger charge is -2.17. The second-order valence-electron chi connectivity index (χ2n) is 7.22. The average Bonchev–Trinajstić information content (AvgIpc) is 2.77. The number of pyridine rings is 1. The standard InChI is InChI=1S/C22H20N4O6S/c1-31-19-6-4-5-16-21(15-9-8-14(26(27)28)12-18(15)24-22(16)19)23-17-10-7-13(11-20(17)32-2)25-33(3,29)30/h4-12,25H,1-3H3,(H,23,24). The van der Waals surface area contributed by atoms with Crippen LogP contribution in [-0.4, -0.2) is 38.8 Å². The molecule has 0 aliphatic rings. The molecule has 170 valence electrons. The van der Waals surface area contributed by atoms with Crippen LogP contribution in [0.1, 0.15) is 0 Å². The van der Waals surface area contributed by atoms with E-state index < -0.39 is 14.9 Å². The van der Waals surface area contributed by atoms with Crippen molar-refractivity contribution < 1.29 is 22.8 Å². The number of anilines is 3. The number of nitro benzene ring substituents is 1. The molecule has 0 atom stereocenters. The molecule has 0 saturated heterocycles. The van der Waals surface area contributed by atoms with Crippen LogP contribution in [0, 0.1) is 10.1 Å². The van der Waals surface area contributed by atoms with Crippen molar-refractivity contribution in [3.05, 3.63) is 64.7 Å². The molecule has 0 fully saturated rings. The highest BCUT2D eigenvalue weighted by Crippen LogP contribution is 2.40. The molecule has 0 unspecified atom stereocenters. The molecule has 2 N–H and O–H groups in total. The maximum Gasteiger partial charge on any atom is 0.271 e. The Balaban J connectivity index is 1.93. The highest BCUT2D eigenvalue weighted by atomic mass is 32.2. The Kier molecular flexibility index (Phi) is 5.64. The molecule has 33 heavy (non-hydrogen) atoms. The summed E-state index contributed by atoms with van der Waals surface area (Å²) in [6, 6.07) is 14.7. The first kappa shape index (κ1) is 22.1. The number of benzene rings is 3. The summed E-state index contributed by atoms with van der Waals surface area (Å²) >= 11 is 0. The highest BCUT2D eigenvalue weighted by molar-refractivity contribution is 7.92. The number of hydrogen-bond acceptors (Lipinski definition) is 8. The third-order valence-electron chi connectivity index (χ3n) is 4.95. The van der Waals surface area contributed by atoms with Gasteiger partial charge in [-0.15, -0.1) is 0 Å². The number of non-ortho nitro benzene ring substituents is 1. The van der Waals surface area contributed by atoms with Gasteiger partial charge >= 0.3 is 0 Å². The van der Waals surface area contributed by atoms with Gasteiger partial charge in [0.25, 0.3) is 5.69 Å². The van der Waals surface area contributed by atoms with Crippen molar-refractivity contribution in [2.24, 2.45) is 0 Å². The third kappa shape index (κ3) is 4.44. The van der Waals surface area contributed by atoms with Gasteiger partial charge < -0.3 is 14.8 Å². The van der Waals surface area contributed by atoms with Crippen LogP contribution in [0.15, 0.2) is 54.6 Å². The van der Waals surface area contributed by atoms with Crippen LogP contribution in [0.2, 0.25) is 0 Å². The number of hydrogen-bond donors (Lipinski definition) is 2. The summed E-state index contributed by atoms with van der Waals surface area (Å²) in [5.41, 5.74) is 2.42. The van der Waals surface area contributed by atoms with Crippen LogP contribution < -0.4 is 19.5 Å². The number of nitrogens with one attached hydrogen (secondary N) is 2. The molecule has 3 aromatic carbocycles. The van der Waals surface area contributed by atoms with E-state index in [9.17, 15) is 18.5 Å². The van der Waals surface area contributed by atoms with E-state index in [1.54, 1.807) is 30.3 Å². The van der Waals surface area contributed by atoms with Crippen molar-refractivity contribution in [2.75, 3.05) is 30.5 Å². The lowest BCUT2D eigenvalue weighted by molar-refractivity contribution is -0.384. The maximum atomic E-state index is 11.6. The number of nitro groups is 1. The molecule has 11 heteroatoms. The molecule has 0 bridgehead atoms. The fourth-order valence-electron chi connectivity index (χ4n) is 3.55. The normalized spacial score (nSPS) is 11.4. The zero-order valence-electron chi connectivity index (χ0n) is 17.9. The molecule has 1 heterocycles. The van der Waals surface area contributed by atoms with Gasteiger partial charge in [-0.3, -0.25) is 14.8 Å². The summed E-state index contributed by atoms with van der Waals surface area (Å²) in [6.07, 6.45) is 1.06. The van der Waals surface area contributed by atoms with Crippen molar-refractivity contribution in [1.29, 1.82) is 0 Å². The van der Waals surface area contributed by atoms with E-state index >= 15 is 0 Å². The number of para-hydroxylation sites is 1. The highest BCUT2D eigenvalue weighted by Gasteiger charge is 2.17. The van der Waals surface area contributed by atoms with Crippen LogP contribution in [0.4, 0.5) is 22.7 Å². The van der Waals surface area contributed by atoms with Crippen LogP contribution in [0.25, 0.3) is 21.8 Å². The number of aromatic nitrogens is 1. The van der Waals surface area contributed by atoms with Crippen LogP contribution >= 0.6 is 0 Å². The van der Waals surface area contributed by atoms with E-state index in [0.717, 1.165) is 11.6 Å². The van der Waals surface area contributed by atoms with Crippen LogP contribution in [0.5, 0.6) is 11.5 Å². The Bertz CT molecular complexity index is 1500. The maximum absolute atomic E-state index is 11.6. The molecule has 0 aliphatic carbocycles. The third-order valence-corrected chi connectivity index (χ3v) is 5.55. The van der Waals surface area contributed by atoms with E-state index in [0.29, 0.717) is 45.0 Å². The predicted molar refractivity (Wildman–Crippen MR) is 127 cm³/mol. The second kappa shape index (κ2) is 8.43. The van der Waals surface area contributed by atoms with E-state index in [-0.39, 0.29) is 5.69 Å². The quantitative estimate of drug-likeness (QED) is 0.231. The van der Waals surface area contributed by atoms with Gasteiger partial charge in [-0.1, -0.05) is 12.1 Å². The van der Waals surface area contributed by atoms with Crippen molar-refractivity contribution in [1.82, 2.24) is 4.98 Å². The van der Waals surface area contributed by atoms with E-state index in [1.165, 1.54) is 26.4 Å². The van der Waals surface area contributed by atoms with Gasteiger partial charge in [-0.25, -0.2) is 13.4 Å². The van der Waals surface area contributed by atoms with Crippen LogP contribution in [0.3, 0.4) is 0 Å². The first-order valence-electron chi connectivity index (χ1n) is 9.68. The number of ether oxygens (including phenoxy) is 2. The second-order valence-corrected chi connectivity index (χ2v) is 8.96. The van der Waals surface area contributed by atoms with Crippen LogP contribution in [-0.2, 0) is 10.0 Å². The Morgan fingerprint density at radius 3 is 2.39 bits per heavy atom. The van der Waals surface area contributed by atoms with Gasteiger partial charge in [-0.2, -0.15) is 0 Å². The first-order chi connectivity index (χ1) is 15.7. The average molecular weight is 468 g/mol. The van der Waals surface area contributed by atoms with E-state index in [1.807, 2.05) is 12.1 Å². The zero-order valence-corrected chi connectivity index (χ0v) is 18.8. The summed E-state index contributed by atoms with van der Waals surface area (Å²) in [7, 11) is -0.456. The first-order valence-corrected chi connectivity index (χ1v) is 11.6. The predicted octanol–water partition coefficient (Wildman–Crippen LogP) is 4.43. The fourth-order valence-corrected chi connectivity index (χ4v) is 4.10. The van der Waals surface area contributed by atoms with Gasteiger partial charge in [0.15, 0.2) is 0 Å². The smallest absolute Gasteiger partial charge is 0.271 e. The summed E-state index contributed by atoms with van der Waals surface area (Å²) in [4.78, 5) is 15.4. The molecular formula is C22H20N4O6S. The van der Waals surface area contributed by atoms with Crippen molar-refractivity contribution in [2.45, 2.75) is 0 Å². The minimum atomic E-state index is -3.45. The molecule has 0 amide bonds. The molecule has 4 aromatic rings. The van der Waals surface area contributed by atoms with Gasteiger partial charge in [0.05, 0.1) is 48.0 Å². The van der Waals surface area contributed by atoms with E-state index in [2.05, 4.69) is 15.0 Å².